The average Bonchev–Trinajstić information content (AvgIpc) is 3.29. The molecule has 0 aliphatic carbocycles. The Morgan fingerprint density at radius 3 is 2.67 bits per heavy atom. The zero-order chi connectivity index (χ0) is 16.4. The molecule has 0 amide bonds. The van der Waals surface area contributed by atoms with Gasteiger partial charge in [-0.25, -0.2) is 4.98 Å². The van der Waals surface area contributed by atoms with Gasteiger partial charge in [0.15, 0.2) is 0 Å². The van der Waals surface area contributed by atoms with Gasteiger partial charge in [0.25, 0.3) is 0 Å². The van der Waals surface area contributed by atoms with Gasteiger partial charge in [0.05, 0.1) is 17.6 Å². The number of fused-ring (bicyclic) bond motifs is 1. The van der Waals surface area contributed by atoms with Gasteiger partial charge in [-0.05, 0) is 53.6 Å². The zero-order valence-corrected chi connectivity index (χ0v) is 13.0. The first-order valence-electron chi connectivity index (χ1n) is 7.79. The topological polar surface area (TPSA) is 63.1 Å². The summed E-state index contributed by atoms with van der Waals surface area (Å²) in [5.41, 5.74) is 5.31. The Bertz CT molecular complexity index is 941. The van der Waals surface area contributed by atoms with Crippen molar-refractivity contribution in [3.63, 3.8) is 0 Å². The summed E-state index contributed by atoms with van der Waals surface area (Å²) in [4.78, 5) is 7.60. The molecule has 4 aromatic rings. The number of nitrogens with one attached hydrogen (secondary N) is 1. The number of hydrogen-bond acceptors (Lipinski definition) is 3. The summed E-state index contributed by atoms with van der Waals surface area (Å²) in [5, 5.41) is 8.80. The molecule has 5 heteroatoms. The number of H-pyrrole nitrogens is 1. The van der Waals surface area contributed by atoms with Crippen molar-refractivity contribution in [3.05, 3.63) is 67.3 Å². The molecule has 2 aromatic carbocycles. The third-order valence-electron chi connectivity index (χ3n) is 3.95. The number of aliphatic hydroxyl groups excluding tert-OH is 1. The van der Waals surface area contributed by atoms with Crippen LogP contribution in [0.25, 0.3) is 27.8 Å². The van der Waals surface area contributed by atoms with Gasteiger partial charge < -0.3 is 14.8 Å². The molecule has 2 heterocycles. The highest BCUT2D eigenvalue weighted by molar-refractivity contribution is 5.83. The monoisotopic (exact) mass is 319 g/mol. The minimum atomic E-state index is 0.0113. The van der Waals surface area contributed by atoms with E-state index in [1.54, 1.807) is 0 Å². The van der Waals surface area contributed by atoms with Gasteiger partial charge in [-0.2, -0.15) is 0 Å². The van der Waals surface area contributed by atoms with Crippen molar-refractivity contribution in [2.45, 2.75) is 0 Å². The van der Waals surface area contributed by atoms with Crippen LogP contribution in [0.5, 0.6) is 5.75 Å². The summed E-state index contributed by atoms with van der Waals surface area (Å²) < 4.78 is 7.44. The Morgan fingerprint density at radius 1 is 1.04 bits per heavy atom. The van der Waals surface area contributed by atoms with E-state index in [2.05, 4.69) is 28.2 Å². The number of ether oxygens (including phenoxy) is 1. The number of nitrogens with zero attached hydrogens (tertiary/aromatic N) is 2. The summed E-state index contributed by atoms with van der Waals surface area (Å²) in [6, 6.07) is 16.1. The van der Waals surface area contributed by atoms with E-state index in [0.29, 0.717) is 6.61 Å². The van der Waals surface area contributed by atoms with E-state index in [1.807, 2.05) is 53.6 Å². The van der Waals surface area contributed by atoms with E-state index in [4.69, 9.17) is 9.84 Å². The highest BCUT2D eigenvalue weighted by Gasteiger charge is 2.07. The van der Waals surface area contributed by atoms with Crippen LogP contribution in [0.2, 0.25) is 0 Å². The SMILES string of the molecule is OCCOc1ccc(-n2cnc3cc(-c4cc[nH]c4)ccc32)cc1. The Balaban J connectivity index is 1.67. The molecule has 5 nitrogen and oxygen atoms in total. The van der Waals surface area contributed by atoms with Gasteiger partial charge in [-0.1, -0.05) is 6.07 Å². The van der Waals surface area contributed by atoms with Crippen molar-refractivity contribution < 1.29 is 9.84 Å². The van der Waals surface area contributed by atoms with Crippen molar-refractivity contribution in [3.8, 4) is 22.6 Å². The van der Waals surface area contributed by atoms with Crippen LogP contribution in [-0.4, -0.2) is 32.9 Å². The van der Waals surface area contributed by atoms with Crippen LogP contribution >= 0.6 is 0 Å². The largest absolute Gasteiger partial charge is 0.491 e. The molecule has 0 saturated carbocycles. The van der Waals surface area contributed by atoms with Crippen LogP contribution < -0.4 is 4.74 Å². The highest BCUT2D eigenvalue weighted by atomic mass is 16.5. The second-order valence-corrected chi connectivity index (χ2v) is 5.48. The molecular weight excluding hydrogens is 302 g/mol. The van der Waals surface area contributed by atoms with Crippen molar-refractivity contribution in [1.82, 2.24) is 14.5 Å². The van der Waals surface area contributed by atoms with Crippen molar-refractivity contribution in [2.75, 3.05) is 13.2 Å². The fourth-order valence-electron chi connectivity index (χ4n) is 2.77. The van der Waals surface area contributed by atoms with Gasteiger partial charge in [0.1, 0.15) is 18.7 Å². The molecule has 4 rings (SSSR count). The average molecular weight is 319 g/mol. The summed E-state index contributed by atoms with van der Waals surface area (Å²) in [5.74, 6) is 0.743. The summed E-state index contributed by atoms with van der Waals surface area (Å²) in [7, 11) is 0. The maximum absolute atomic E-state index is 8.80. The standard InChI is InChI=1S/C19H17N3O2/c23-9-10-24-17-4-2-16(3-5-17)22-13-21-18-11-14(1-6-19(18)22)15-7-8-20-12-15/h1-8,11-13,20,23H,9-10H2. The third kappa shape index (κ3) is 2.66. The first-order chi connectivity index (χ1) is 11.8. The van der Waals surface area contributed by atoms with E-state index in [9.17, 15) is 0 Å². The predicted molar refractivity (Wildman–Crippen MR) is 93.4 cm³/mol. The van der Waals surface area contributed by atoms with Crippen LogP contribution in [0.4, 0.5) is 0 Å². The van der Waals surface area contributed by atoms with Crippen molar-refractivity contribution in [1.29, 1.82) is 0 Å². The molecule has 0 radical (unpaired) electrons. The molecule has 0 spiro atoms. The number of hydrogen-bond donors (Lipinski definition) is 2. The number of rotatable bonds is 5. The van der Waals surface area contributed by atoms with Crippen molar-refractivity contribution in [2.24, 2.45) is 0 Å². The van der Waals surface area contributed by atoms with E-state index in [0.717, 1.165) is 33.6 Å². The van der Waals surface area contributed by atoms with Crippen LogP contribution in [-0.2, 0) is 0 Å². The van der Waals surface area contributed by atoms with Gasteiger partial charge in [-0.3, -0.25) is 4.57 Å². The Hall–Kier alpha value is -3.05. The summed E-state index contributed by atoms with van der Waals surface area (Å²) in [6.07, 6.45) is 5.72. The molecule has 0 unspecified atom stereocenters. The van der Waals surface area contributed by atoms with Crippen LogP contribution in [0.3, 0.4) is 0 Å². The fourth-order valence-corrected chi connectivity index (χ4v) is 2.77. The molecule has 24 heavy (non-hydrogen) atoms. The van der Waals surface area contributed by atoms with E-state index in [1.165, 1.54) is 0 Å². The van der Waals surface area contributed by atoms with Crippen LogP contribution in [0.15, 0.2) is 67.3 Å². The molecular formula is C19H17N3O2. The number of imidazole rings is 1. The molecule has 2 aromatic heterocycles. The van der Waals surface area contributed by atoms with Gasteiger partial charge in [-0.15, -0.1) is 0 Å². The fraction of sp³-hybridized carbons (Fsp3) is 0.105. The number of benzene rings is 2. The third-order valence-corrected chi connectivity index (χ3v) is 3.95. The Labute approximate surface area is 139 Å². The van der Waals surface area contributed by atoms with Crippen molar-refractivity contribution >= 4 is 11.0 Å². The summed E-state index contributed by atoms with van der Waals surface area (Å²) in [6.45, 7) is 0.312. The molecule has 0 saturated heterocycles. The zero-order valence-electron chi connectivity index (χ0n) is 13.0. The Morgan fingerprint density at radius 2 is 1.92 bits per heavy atom. The molecule has 0 aliphatic rings. The Kier molecular flexibility index (Phi) is 3.76. The molecule has 2 N–H and O–H groups in total. The molecule has 120 valence electrons. The lowest BCUT2D eigenvalue weighted by Gasteiger charge is -2.07. The number of aliphatic hydroxyl groups is 1. The number of aromatic amines is 1. The lowest BCUT2D eigenvalue weighted by Crippen LogP contribution is -2.01. The maximum Gasteiger partial charge on any atom is 0.119 e. The first-order valence-corrected chi connectivity index (χ1v) is 7.79. The lowest BCUT2D eigenvalue weighted by atomic mass is 10.1. The van der Waals surface area contributed by atoms with Crippen LogP contribution in [0, 0.1) is 0 Å². The summed E-state index contributed by atoms with van der Waals surface area (Å²) >= 11 is 0. The van der Waals surface area contributed by atoms with E-state index in [-0.39, 0.29) is 6.61 Å². The predicted octanol–water partition coefficient (Wildman–Crippen LogP) is 3.39. The van der Waals surface area contributed by atoms with E-state index < -0.39 is 0 Å². The van der Waals surface area contributed by atoms with E-state index >= 15 is 0 Å². The molecule has 0 atom stereocenters. The van der Waals surface area contributed by atoms with Gasteiger partial charge in [0.2, 0.25) is 0 Å². The normalized spacial score (nSPS) is 11.0. The minimum Gasteiger partial charge on any atom is -0.491 e. The smallest absolute Gasteiger partial charge is 0.119 e. The second-order valence-electron chi connectivity index (χ2n) is 5.48. The quantitative estimate of drug-likeness (QED) is 0.593. The molecule has 0 fully saturated rings. The second kappa shape index (κ2) is 6.22. The van der Waals surface area contributed by atoms with Gasteiger partial charge in [0, 0.05) is 18.1 Å². The first kappa shape index (κ1) is 14.5. The lowest BCUT2D eigenvalue weighted by molar-refractivity contribution is 0.201. The maximum atomic E-state index is 8.80. The minimum absolute atomic E-state index is 0.0113. The molecule has 0 bridgehead atoms. The highest BCUT2D eigenvalue weighted by Crippen LogP contribution is 2.25. The molecule has 0 aliphatic heterocycles. The van der Waals surface area contributed by atoms with Gasteiger partial charge >= 0.3 is 0 Å². The number of aromatic nitrogens is 3. The van der Waals surface area contributed by atoms with Crippen LogP contribution in [0.1, 0.15) is 0 Å².